The van der Waals surface area contributed by atoms with Crippen molar-refractivity contribution >= 4 is 39.9 Å². The zero-order chi connectivity index (χ0) is 25.1. The number of nitrogens with two attached hydrogens (primary N) is 1. The summed E-state index contributed by atoms with van der Waals surface area (Å²) in [5.74, 6) is -0.500. The third kappa shape index (κ3) is 4.36. The molecule has 0 bridgehead atoms. The lowest BCUT2D eigenvalue weighted by Crippen LogP contribution is -2.26. The quantitative estimate of drug-likeness (QED) is 0.337. The summed E-state index contributed by atoms with van der Waals surface area (Å²) in [6.45, 7) is 2.50. The van der Waals surface area contributed by atoms with Crippen molar-refractivity contribution in [2.75, 3.05) is 18.9 Å². The number of benzene rings is 3. The number of aromatic nitrogens is 3. The standard InChI is InChI=1S/C28H25N5O3/c1-2-36-28(35)19-12-14-20(15-13-19)33-25(29)23(27(34)30-17-16-18-8-4-3-5-9-18)24-26(33)32-22-11-7-6-10-21(22)31-24/h3-15H,2,16-17,29H2,1H3,(H,30,34). The number of para-hydroxylation sites is 2. The molecule has 5 aromatic rings. The molecular weight excluding hydrogens is 454 g/mol. The van der Waals surface area contributed by atoms with E-state index in [-0.39, 0.29) is 17.3 Å². The molecule has 0 atom stereocenters. The minimum atomic E-state index is -0.404. The van der Waals surface area contributed by atoms with Gasteiger partial charge in [-0.2, -0.15) is 0 Å². The third-order valence-corrected chi connectivity index (χ3v) is 5.90. The highest BCUT2D eigenvalue weighted by atomic mass is 16.5. The first-order valence-electron chi connectivity index (χ1n) is 11.7. The van der Waals surface area contributed by atoms with Crippen LogP contribution < -0.4 is 11.1 Å². The largest absolute Gasteiger partial charge is 0.462 e. The number of hydrogen-bond acceptors (Lipinski definition) is 6. The average molecular weight is 480 g/mol. The monoisotopic (exact) mass is 479 g/mol. The Bertz CT molecular complexity index is 1560. The molecule has 0 unspecified atom stereocenters. The predicted octanol–water partition coefficient (Wildman–Crippen LogP) is 4.31. The summed E-state index contributed by atoms with van der Waals surface area (Å²) in [5.41, 5.74) is 11.3. The first kappa shape index (κ1) is 23.0. The van der Waals surface area contributed by atoms with Gasteiger partial charge in [0.25, 0.3) is 5.91 Å². The zero-order valence-electron chi connectivity index (χ0n) is 19.8. The fourth-order valence-electron chi connectivity index (χ4n) is 4.16. The van der Waals surface area contributed by atoms with E-state index in [1.54, 1.807) is 35.8 Å². The minimum absolute atomic E-state index is 0.224. The van der Waals surface area contributed by atoms with Crippen LogP contribution in [0.2, 0.25) is 0 Å². The zero-order valence-corrected chi connectivity index (χ0v) is 19.8. The lowest BCUT2D eigenvalue weighted by Gasteiger charge is -2.09. The number of amides is 1. The third-order valence-electron chi connectivity index (χ3n) is 5.90. The van der Waals surface area contributed by atoms with Gasteiger partial charge >= 0.3 is 5.97 Å². The fraction of sp³-hybridized carbons (Fsp3) is 0.143. The lowest BCUT2D eigenvalue weighted by atomic mass is 10.1. The summed E-state index contributed by atoms with van der Waals surface area (Å²) < 4.78 is 6.77. The summed E-state index contributed by atoms with van der Waals surface area (Å²) in [6, 6.07) is 24.2. The average Bonchev–Trinajstić information content (AvgIpc) is 3.18. The van der Waals surface area contributed by atoms with Gasteiger partial charge in [-0.15, -0.1) is 0 Å². The molecule has 2 heterocycles. The highest BCUT2D eigenvalue weighted by Crippen LogP contribution is 2.31. The Morgan fingerprint density at radius 2 is 1.58 bits per heavy atom. The molecule has 0 spiro atoms. The van der Waals surface area contributed by atoms with Crippen LogP contribution in [-0.4, -0.2) is 39.6 Å². The molecule has 0 fully saturated rings. The van der Waals surface area contributed by atoms with Crippen molar-refractivity contribution in [3.05, 3.63) is 95.6 Å². The van der Waals surface area contributed by atoms with Crippen LogP contribution in [-0.2, 0) is 11.2 Å². The minimum Gasteiger partial charge on any atom is -0.462 e. The maximum absolute atomic E-state index is 13.3. The van der Waals surface area contributed by atoms with E-state index in [4.69, 9.17) is 20.4 Å². The molecule has 0 aliphatic carbocycles. The second-order valence-electron chi connectivity index (χ2n) is 8.24. The van der Waals surface area contributed by atoms with Crippen molar-refractivity contribution in [2.24, 2.45) is 0 Å². The van der Waals surface area contributed by atoms with E-state index in [9.17, 15) is 9.59 Å². The van der Waals surface area contributed by atoms with Crippen molar-refractivity contribution in [1.82, 2.24) is 19.9 Å². The lowest BCUT2D eigenvalue weighted by molar-refractivity contribution is 0.0526. The van der Waals surface area contributed by atoms with Crippen molar-refractivity contribution < 1.29 is 14.3 Å². The van der Waals surface area contributed by atoms with Gasteiger partial charge in [0.05, 0.1) is 23.2 Å². The topological polar surface area (TPSA) is 112 Å². The van der Waals surface area contributed by atoms with Crippen LogP contribution in [0, 0.1) is 0 Å². The molecule has 0 saturated heterocycles. The smallest absolute Gasteiger partial charge is 0.338 e. The number of carbonyl (C=O) groups excluding carboxylic acids is 2. The van der Waals surface area contributed by atoms with Crippen LogP contribution in [0.15, 0.2) is 78.9 Å². The van der Waals surface area contributed by atoms with Gasteiger partial charge in [0.1, 0.15) is 16.9 Å². The van der Waals surface area contributed by atoms with Gasteiger partial charge in [-0.25, -0.2) is 14.8 Å². The van der Waals surface area contributed by atoms with Gasteiger partial charge in [-0.3, -0.25) is 9.36 Å². The Labute approximate surface area is 207 Å². The number of nitrogens with zero attached hydrogens (tertiary/aromatic N) is 3. The number of anilines is 1. The van der Waals surface area contributed by atoms with Crippen molar-refractivity contribution in [2.45, 2.75) is 13.3 Å². The van der Waals surface area contributed by atoms with E-state index in [1.807, 2.05) is 54.6 Å². The molecule has 3 aromatic carbocycles. The molecule has 2 aromatic heterocycles. The molecule has 36 heavy (non-hydrogen) atoms. The molecule has 1 amide bonds. The SMILES string of the molecule is CCOC(=O)c1ccc(-n2c(N)c(C(=O)NCCc3ccccc3)c3nc4ccccc4nc32)cc1. The maximum atomic E-state index is 13.3. The van der Waals surface area contributed by atoms with E-state index in [2.05, 4.69) is 5.32 Å². The Morgan fingerprint density at radius 3 is 2.28 bits per heavy atom. The number of nitrogens with one attached hydrogen (secondary N) is 1. The van der Waals surface area contributed by atoms with Gasteiger partial charge < -0.3 is 15.8 Å². The first-order valence-corrected chi connectivity index (χ1v) is 11.7. The Hall–Kier alpha value is -4.72. The number of ether oxygens (including phenoxy) is 1. The molecule has 0 aliphatic rings. The van der Waals surface area contributed by atoms with Gasteiger partial charge in [-0.1, -0.05) is 42.5 Å². The van der Waals surface area contributed by atoms with E-state index in [0.29, 0.717) is 53.0 Å². The highest BCUT2D eigenvalue weighted by molar-refractivity contribution is 6.11. The van der Waals surface area contributed by atoms with Crippen LogP contribution in [0.3, 0.4) is 0 Å². The second kappa shape index (κ2) is 9.87. The number of nitrogen functional groups attached to an aromatic ring is 1. The van der Waals surface area contributed by atoms with Crippen LogP contribution in [0.4, 0.5) is 5.82 Å². The van der Waals surface area contributed by atoms with E-state index >= 15 is 0 Å². The van der Waals surface area contributed by atoms with Crippen LogP contribution >= 0.6 is 0 Å². The Balaban J connectivity index is 1.56. The molecule has 3 N–H and O–H groups in total. The fourth-order valence-corrected chi connectivity index (χ4v) is 4.16. The molecule has 0 radical (unpaired) electrons. The van der Waals surface area contributed by atoms with E-state index in [0.717, 1.165) is 5.56 Å². The molecule has 8 heteroatoms. The predicted molar refractivity (Wildman–Crippen MR) is 139 cm³/mol. The van der Waals surface area contributed by atoms with Gasteiger partial charge in [0.15, 0.2) is 5.65 Å². The number of hydrogen-bond donors (Lipinski definition) is 2. The highest BCUT2D eigenvalue weighted by Gasteiger charge is 2.25. The summed E-state index contributed by atoms with van der Waals surface area (Å²) >= 11 is 0. The molecule has 5 rings (SSSR count). The molecular formula is C28H25N5O3. The molecule has 8 nitrogen and oxygen atoms in total. The number of esters is 1. The van der Waals surface area contributed by atoms with Gasteiger partial charge in [0.2, 0.25) is 0 Å². The van der Waals surface area contributed by atoms with Crippen LogP contribution in [0.5, 0.6) is 0 Å². The normalized spacial score (nSPS) is 11.0. The van der Waals surface area contributed by atoms with Crippen molar-refractivity contribution in [3.63, 3.8) is 0 Å². The summed E-state index contributed by atoms with van der Waals surface area (Å²) in [4.78, 5) is 34.9. The van der Waals surface area contributed by atoms with Gasteiger partial charge in [-0.05, 0) is 55.3 Å². The molecule has 180 valence electrons. The number of rotatable bonds is 7. The maximum Gasteiger partial charge on any atom is 0.338 e. The number of fused-ring (bicyclic) bond motifs is 2. The Morgan fingerprint density at radius 1 is 0.917 bits per heavy atom. The Kier molecular flexibility index (Phi) is 6.32. The van der Waals surface area contributed by atoms with Crippen molar-refractivity contribution in [1.29, 1.82) is 0 Å². The van der Waals surface area contributed by atoms with Crippen LogP contribution in [0.25, 0.3) is 27.9 Å². The molecule has 0 saturated carbocycles. The van der Waals surface area contributed by atoms with E-state index < -0.39 is 5.97 Å². The first-order chi connectivity index (χ1) is 17.6. The van der Waals surface area contributed by atoms with Crippen LogP contribution in [0.1, 0.15) is 33.2 Å². The summed E-state index contributed by atoms with van der Waals surface area (Å²) in [6.07, 6.45) is 0.690. The second-order valence-corrected chi connectivity index (χ2v) is 8.24. The summed E-state index contributed by atoms with van der Waals surface area (Å²) in [7, 11) is 0. The molecule has 0 aliphatic heterocycles. The van der Waals surface area contributed by atoms with Gasteiger partial charge in [0, 0.05) is 12.2 Å². The number of carbonyl (C=O) groups is 2. The van der Waals surface area contributed by atoms with E-state index in [1.165, 1.54) is 0 Å². The summed E-state index contributed by atoms with van der Waals surface area (Å²) in [5, 5.41) is 2.97. The van der Waals surface area contributed by atoms with Crippen molar-refractivity contribution in [3.8, 4) is 5.69 Å².